The van der Waals surface area contributed by atoms with Crippen LogP contribution in [0.4, 0.5) is 4.39 Å². The van der Waals surface area contributed by atoms with E-state index in [0.717, 1.165) is 12.8 Å². The fourth-order valence-electron chi connectivity index (χ4n) is 2.28. The Morgan fingerprint density at radius 2 is 1.11 bits per heavy atom. The van der Waals surface area contributed by atoms with Crippen LogP contribution in [0.2, 0.25) is 0 Å². The maximum absolute atomic E-state index is 12.9. The molecule has 0 fully saturated rings. The molecule has 0 aromatic heterocycles. The number of unbranched alkanes of at least 4 members (excludes halogenated alkanes) is 11. The van der Waals surface area contributed by atoms with E-state index in [1.165, 1.54) is 70.6 Å². The van der Waals surface area contributed by atoms with E-state index >= 15 is 0 Å². The quantitative estimate of drug-likeness (QED) is 0.178. The maximum atomic E-state index is 12.9. The number of rotatable bonds is 14. The zero-order chi connectivity index (χ0) is 13.5. The first-order valence-corrected chi connectivity index (χ1v) is 9.53. The molecule has 0 aliphatic heterocycles. The fourth-order valence-corrected chi connectivity index (χ4v) is 2.72. The summed E-state index contributed by atoms with van der Waals surface area (Å²) in [4.78, 5) is 0. The van der Waals surface area contributed by atoms with Gasteiger partial charge in [0.1, 0.15) is 6.17 Å². The van der Waals surface area contributed by atoms with Crippen LogP contribution in [0.15, 0.2) is 0 Å². The van der Waals surface area contributed by atoms with Crippen LogP contribution < -0.4 is 0 Å². The van der Waals surface area contributed by atoms with Crippen molar-refractivity contribution in [3.8, 4) is 0 Å². The third-order valence-corrected chi connectivity index (χ3v) is 4.49. The monoisotopic (exact) mass is 370 g/mol. The molecule has 110 valence electrons. The van der Waals surface area contributed by atoms with E-state index in [4.69, 9.17) is 0 Å². The van der Waals surface area contributed by atoms with Crippen molar-refractivity contribution < 1.29 is 4.39 Å². The molecule has 0 aromatic carbocycles. The van der Waals surface area contributed by atoms with Crippen molar-refractivity contribution in [2.75, 3.05) is 4.43 Å². The minimum atomic E-state index is -0.561. The van der Waals surface area contributed by atoms with Gasteiger partial charge in [0, 0.05) is 4.43 Å². The Bertz CT molecular complexity index is 150. The lowest BCUT2D eigenvalue weighted by Gasteiger charge is -2.04. The molecule has 0 radical (unpaired) electrons. The van der Waals surface area contributed by atoms with Gasteiger partial charge in [0.2, 0.25) is 0 Å². The highest BCUT2D eigenvalue weighted by molar-refractivity contribution is 14.1. The minimum Gasteiger partial charge on any atom is -0.247 e. The summed E-state index contributed by atoms with van der Waals surface area (Å²) >= 11 is 2.13. The second-order valence-electron chi connectivity index (χ2n) is 5.43. The second-order valence-corrected chi connectivity index (χ2v) is 6.31. The first-order valence-electron chi connectivity index (χ1n) is 8.01. The van der Waals surface area contributed by atoms with Crippen LogP contribution in [0.25, 0.3) is 0 Å². The highest BCUT2D eigenvalue weighted by Gasteiger charge is 2.02. The number of halogens is 2. The average molecular weight is 370 g/mol. The van der Waals surface area contributed by atoms with Gasteiger partial charge in [0.05, 0.1) is 0 Å². The molecule has 0 aliphatic carbocycles. The summed E-state index contributed by atoms with van der Waals surface area (Å²) in [5.41, 5.74) is 0. The van der Waals surface area contributed by atoms with E-state index < -0.39 is 6.17 Å². The van der Waals surface area contributed by atoms with Gasteiger partial charge in [-0.25, -0.2) is 4.39 Å². The Kier molecular flexibility index (Phi) is 16.3. The van der Waals surface area contributed by atoms with Gasteiger partial charge in [-0.1, -0.05) is 107 Å². The first kappa shape index (κ1) is 18.7. The molecule has 2 heteroatoms. The zero-order valence-electron chi connectivity index (χ0n) is 12.2. The molecule has 0 saturated heterocycles. The van der Waals surface area contributed by atoms with Crippen LogP contribution in [0.3, 0.4) is 0 Å². The van der Waals surface area contributed by atoms with E-state index in [0.29, 0.717) is 4.43 Å². The molecule has 0 heterocycles. The van der Waals surface area contributed by atoms with Crippen molar-refractivity contribution in [1.82, 2.24) is 0 Å². The van der Waals surface area contributed by atoms with Crippen molar-refractivity contribution in [1.29, 1.82) is 0 Å². The van der Waals surface area contributed by atoms with Gasteiger partial charge < -0.3 is 0 Å². The summed E-state index contributed by atoms with van der Waals surface area (Å²) in [6.07, 6.45) is 16.5. The Labute approximate surface area is 128 Å². The molecule has 0 aliphatic rings. The van der Waals surface area contributed by atoms with Crippen molar-refractivity contribution in [2.45, 2.75) is 96.6 Å². The predicted molar refractivity (Wildman–Crippen MR) is 89.5 cm³/mol. The number of alkyl halides is 2. The van der Waals surface area contributed by atoms with Crippen LogP contribution in [0.5, 0.6) is 0 Å². The molecule has 18 heavy (non-hydrogen) atoms. The van der Waals surface area contributed by atoms with E-state index in [-0.39, 0.29) is 0 Å². The molecular weight excluding hydrogens is 338 g/mol. The van der Waals surface area contributed by atoms with E-state index in [1.807, 2.05) is 0 Å². The molecule has 0 nitrogen and oxygen atoms in total. The summed E-state index contributed by atoms with van der Waals surface area (Å²) < 4.78 is 13.6. The summed E-state index contributed by atoms with van der Waals surface area (Å²) in [6.45, 7) is 2.27. The lowest BCUT2D eigenvalue weighted by atomic mass is 10.0. The van der Waals surface area contributed by atoms with Crippen molar-refractivity contribution >= 4 is 22.6 Å². The van der Waals surface area contributed by atoms with Gasteiger partial charge in [-0.05, 0) is 6.42 Å². The Morgan fingerprint density at radius 3 is 1.50 bits per heavy atom. The van der Waals surface area contributed by atoms with Crippen molar-refractivity contribution in [3.05, 3.63) is 0 Å². The first-order chi connectivity index (χ1) is 8.81. The molecule has 0 aromatic rings. The Balaban J connectivity index is 2.94. The van der Waals surface area contributed by atoms with Gasteiger partial charge in [-0.2, -0.15) is 0 Å². The topological polar surface area (TPSA) is 0 Å². The molecule has 0 N–H and O–H groups in total. The summed E-state index contributed by atoms with van der Waals surface area (Å²) in [7, 11) is 0. The smallest absolute Gasteiger partial charge is 0.109 e. The highest BCUT2D eigenvalue weighted by atomic mass is 127. The van der Waals surface area contributed by atoms with Gasteiger partial charge >= 0.3 is 0 Å². The standard InChI is InChI=1S/C16H32FI/c1-2-3-4-5-6-7-8-9-10-11-12-13-14-16(17)15-18/h16H,2-15H2,1H3. The minimum absolute atomic E-state index is 0.561. The van der Waals surface area contributed by atoms with E-state index in [2.05, 4.69) is 29.5 Å². The molecule has 1 unspecified atom stereocenters. The third-order valence-electron chi connectivity index (χ3n) is 3.54. The highest BCUT2D eigenvalue weighted by Crippen LogP contribution is 2.14. The van der Waals surface area contributed by atoms with Crippen LogP contribution in [0, 0.1) is 0 Å². The largest absolute Gasteiger partial charge is 0.247 e. The van der Waals surface area contributed by atoms with Crippen LogP contribution in [0.1, 0.15) is 90.4 Å². The lowest BCUT2D eigenvalue weighted by Crippen LogP contribution is -2.00. The molecule has 0 saturated carbocycles. The molecule has 0 amide bonds. The predicted octanol–water partition coefficient (Wildman–Crippen LogP) is 6.85. The molecule has 0 rings (SSSR count). The van der Waals surface area contributed by atoms with Crippen LogP contribution in [-0.2, 0) is 0 Å². The molecule has 1 atom stereocenters. The molecule has 0 spiro atoms. The lowest BCUT2D eigenvalue weighted by molar-refractivity contribution is 0.339. The van der Waals surface area contributed by atoms with Gasteiger partial charge in [0.25, 0.3) is 0 Å². The van der Waals surface area contributed by atoms with Gasteiger partial charge in [0.15, 0.2) is 0 Å². The average Bonchev–Trinajstić information content (AvgIpc) is 2.39. The Morgan fingerprint density at radius 1 is 0.722 bits per heavy atom. The maximum Gasteiger partial charge on any atom is 0.109 e. The summed E-state index contributed by atoms with van der Waals surface area (Å²) in [5.74, 6) is 0. The number of hydrogen-bond acceptors (Lipinski definition) is 0. The SMILES string of the molecule is CCCCCCCCCCCCCCC(F)CI. The van der Waals surface area contributed by atoms with Gasteiger partial charge in [-0.3, -0.25) is 0 Å². The fraction of sp³-hybridized carbons (Fsp3) is 1.00. The van der Waals surface area contributed by atoms with Crippen molar-refractivity contribution in [2.24, 2.45) is 0 Å². The van der Waals surface area contributed by atoms with E-state index in [1.54, 1.807) is 0 Å². The molecule has 0 bridgehead atoms. The third kappa shape index (κ3) is 14.7. The normalized spacial score (nSPS) is 12.8. The Hall–Kier alpha value is 0.660. The zero-order valence-corrected chi connectivity index (χ0v) is 14.4. The van der Waals surface area contributed by atoms with Crippen LogP contribution >= 0.6 is 22.6 Å². The van der Waals surface area contributed by atoms with Crippen LogP contribution in [-0.4, -0.2) is 10.6 Å². The second kappa shape index (κ2) is 15.7. The summed E-state index contributed by atoms with van der Waals surface area (Å²) in [5, 5.41) is 0. The van der Waals surface area contributed by atoms with Gasteiger partial charge in [-0.15, -0.1) is 0 Å². The summed E-state index contributed by atoms with van der Waals surface area (Å²) in [6, 6.07) is 0. The number of hydrogen-bond donors (Lipinski definition) is 0. The van der Waals surface area contributed by atoms with Crippen molar-refractivity contribution in [3.63, 3.8) is 0 Å². The molecular formula is C16H32FI. The van der Waals surface area contributed by atoms with E-state index in [9.17, 15) is 4.39 Å².